The molecule has 1 atom stereocenters. The smallest absolute Gasteiger partial charge is 0.251 e. The number of guanidine groups is 1. The first kappa shape index (κ1) is 19.0. The Morgan fingerprint density at radius 2 is 1.80 bits per heavy atom. The van der Waals surface area contributed by atoms with Crippen molar-refractivity contribution < 1.29 is 4.79 Å². The van der Waals surface area contributed by atoms with Crippen LogP contribution in [0.5, 0.6) is 0 Å². The fraction of sp³-hybridized carbons (Fsp3) is 0.368. The lowest BCUT2D eigenvalue weighted by atomic mass is 10.1. The summed E-state index contributed by atoms with van der Waals surface area (Å²) in [5.74, 6) is 0.729. The summed E-state index contributed by atoms with van der Waals surface area (Å²) in [5.41, 5.74) is 3.02. The van der Waals surface area contributed by atoms with Crippen molar-refractivity contribution in [2.75, 3.05) is 7.05 Å². The topological polar surface area (TPSA) is 65.5 Å². The van der Waals surface area contributed by atoms with Crippen LogP contribution in [0.3, 0.4) is 0 Å². The van der Waals surface area contributed by atoms with Crippen LogP contribution in [0.15, 0.2) is 46.1 Å². The van der Waals surface area contributed by atoms with Crippen molar-refractivity contribution in [2.45, 2.75) is 39.4 Å². The Kier molecular flexibility index (Phi) is 7.47. The van der Waals surface area contributed by atoms with Gasteiger partial charge in [-0.05, 0) is 53.4 Å². The van der Waals surface area contributed by atoms with Gasteiger partial charge in [-0.15, -0.1) is 0 Å². The van der Waals surface area contributed by atoms with Crippen LogP contribution in [0.25, 0.3) is 0 Å². The van der Waals surface area contributed by atoms with Crippen LogP contribution >= 0.6 is 11.3 Å². The first-order chi connectivity index (χ1) is 12.1. The van der Waals surface area contributed by atoms with Crippen LogP contribution in [-0.2, 0) is 13.1 Å². The van der Waals surface area contributed by atoms with Crippen LogP contribution in [-0.4, -0.2) is 25.0 Å². The zero-order valence-corrected chi connectivity index (χ0v) is 15.8. The molecule has 134 valence electrons. The summed E-state index contributed by atoms with van der Waals surface area (Å²) in [7, 11) is 1.76. The molecule has 1 unspecified atom stereocenters. The SMILES string of the molecule is CCC(C)NC(=O)c1ccc(CNC(=NC)NCc2ccsc2)cc1. The highest BCUT2D eigenvalue weighted by Crippen LogP contribution is 2.06. The summed E-state index contributed by atoms with van der Waals surface area (Å²) < 4.78 is 0. The predicted molar refractivity (Wildman–Crippen MR) is 105 cm³/mol. The van der Waals surface area contributed by atoms with Gasteiger partial charge in [0.05, 0.1) is 0 Å². The number of nitrogens with one attached hydrogen (secondary N) is 3. The van der Waals surface area contributed by atoms with Crippen LogP contribution in [0, 0.1) is 0 Å². The molecule has 1 amide bonds. The van der Waals surface area contributed by atoms with Gasteiger partial charge >= 0.3 is 0 Å². The molecule has 25 heavy (non-hydrogen) atoms. The normalized spacial score (nSPS) is 12.5. The largest absolute Gasteiger partial charge is 0.352 e. The van der Waals surface area contributed by atoms with Crippen LogP contribution in [0.1, 0.15) is 41.8 Å². The Morgan fingerprint density at radius 3 is 2.36 bits per heavy atom. The summed E-state index contributed by atoms with van der Waals surface area (Å²) in [6, 6.07) is 9.92. The van der Waals surface area contributed by atoms with Crippen LogP contribution in [0.2, 0.25) is 0 Å². The molecule has 0 saturated carbocycles. The fourth-order valence-corrected chi connectivity index (χ4v) is 2.84. The number of hydrogen-bond acceptors (Lipinski definition) is 3. The Bertz CT molecular complexity index is 680. The average molecular weight is 359 g/mol. The first-order valence-electron chi connectivity index (χ1n) is 8.47. The van der Waals surface area contributed by atoms with E-state index < -0.39 is 0 Å². The van der Waals surface area contributed by atoms with E-state index in [1.54, 1.807) is 18.4 Å². The lowest BCUT2D eigenvalue weighted by Gasteiger charge is -2.13. The van der Waals surface area contributed by atoms with Gasteiger partial charge < -0.3 is 16.0 Å². The molecular weight excluding hydrogens is 332 g/mol. The number of aliphatic imine (C=N–C) groups is 1. The molecule has 0 aliphatic carbocycles. The third kappa shape index (κ3) is 6.23. The molecule has 5 nitrogen and oxygen atoms in total. The quantitative estimate of drug-likeness (QED) is 0.526. The van der Waals surface area contributed by atoms with E-state index in [0.717, 1.165) is 24.5 Å². The molecule has 0 spiro atoms. The second-order valence-electron chi connectivity index (χ2n) is 5.89. The molecule has 1 heterocycles. The molecule has 0 aliphatic heterocycles. The van der Waals surface area contributed by atoms with Gasteiger partial charge in [-0.1, -0.05) is 19.1 Å². The van der Waals surface area contributed by atoms with Crippen molar-refractivity contribution in [3.63, 3.8) is 0 Å². The predicted octanol–water partition coefficient (Wildman–Crippen LogP) is 3.14. The number of amides is 1. The maximum Gasteiger partial charge on any atom is 0.251 e. The minimum Gasteiger partial charge on any atom is -0.352 e. The molecule has 0 aliphatic rings. The van der Waals surface area contributed by atoms with Crippen molar-refractivity contribution in [3.05, 3.63) is 57.8 Å². The third-order valence-electron chi connectivity index (χ3n) is 3.93. The lowest BCUT2D eigenvalue weighted by Crippen LogP contribution is -2.36. The van der Waals surface area contributed by atoms with E-state index in [2.05, 4.69) is 44.7 Å². The Balaban J connectivity index is 1.82. The molecular formula is C19H26N4OS. The number of nitrogens with zero attached hydrogens (tertiary/aromatic N) is 1. The lowest BCUT2D eigenvalue weighted by molar-refractivity contribution is 0.0939. The van der Waals surface area contributed by atoms with E-state index in [-0.39, 0.29) is 11.9 Å². The Labute approximate surface area is 153 Å². The number of rotatable bonds is 7. The molecule has 6 heteroatoms. The monoisotopic (exact) mass is 358 g/mol. The van der Waals surface area contributed by atoms with Gasteiger partial charge in [0.25, 0.3) is 5.91 Å². The van der Waals surface area contributed by atoms with Crippen molar-refractivity contribution in [1.29, 1.82) is 0 Å². The summed E-state index contributed by atoms with van der Waals surface area (Å²) in [6.45, 7) is 5.46. The minimum atomic E-state index is -0.0258. The van der Waals surface area contributed by atoms with E-state index in [1.165, 1.54) is 5.56 Å². The van der Waals surface area contributed by atoms with Crippen molar-refractivity contribution in [2.24, 2.45) is 4.99 Å². The highest BCUT2D eigenvalue weighted by molar-refractivity contribution is 7.07. The number of hydrogen-bond donors (Lipinski definition) is 3. The van der Waals surface area contributed by atoms with Crippen LogP contribution in [0.4, 0.5) is 0 Å². The summed E-state index contributed by atoms with van der Waals surface area (Å²) >= 11 is 1.68. The second-order valence-corrected chi connectivity index (χ2v) is 6.67. The molecule has 0 saturated heterocycles. The van der Waals surface area contributed by atoms with Gasteiger partial charge in [-0.25, -0.2) is 0 Å². The Hall–Kier alpha value is -2.34. The molecule has 2 rings (SSSR count). The third-order valence-corrected chi connectivity index (χ3v) is 4.66. The highest BCUT2D eigenvalue weighted by atomic mass is 32.1. The van der Waals surface area contributed by atoms with Gasteiger partial charge in [0, 0.05) is 31.7 Å². The van der Waals surface area contributed by atoms with E-state index in [1.807, 2.05) is 31.2 Å². The van der Waals surface area contributed by atoms with Crippen molar-refractivity contribution in [1.82, 2.24) is 16.0 Å². The summed E-state index contributed by atoms with van der Waals surface area (Å²) in [4.78, 5) is 16.3. The molecule has 0 bridgehead atoms. The molecule has 0 fully saturated rings. The zero-order chi connectivity index (χ0) is 18.1. The molecule has 3 N–H and O–H groups in total. The molecule has 0 radical (unpaired) electrons. The number of carbonyl (C=O) groups is 1. The second kappa shape index (κ2) is 9.84. The summed E-state index contributed by atoms with van der Waals surface area (Å²) in [6.07, 6.45) is 0.922. The molecule has 1 aromatic heterocycles. The van der Waals surface area contributed by atoms with E-state index in [9.17, 15) is 4.79 Å². The van der Waals surface area contributed by atoms with Gasteiger partial charge in [0.15, 0.2) is 5.96 Å². The van der Waals surface area contributed by atoms with Gasteiger partial charge in [-0.3, -0.25) is 9.79 Å². The standard InChI is InChI=1S/C19H26N4OS/c1-4-14(2)23-18(24)17-7-5-15(6-8-17)11-21-19(20-3)22-12-16-9-10-25-13-16/h5-10,13-14H,4,11-12H2,1-3H3,(H,23,24)(H2,20,21,22). The average Bonchev–Trinajstić information content (AvgIpc) is 3.15. The van der Waals surface area contributed by atoms with E-state index in [0.29, 0.717) is 12.1 Å². The fourth-order valence-electron chi connectivity index (χ4n) is 2.17. The first-order valence-corrected chi connectivity index (χ1v) is 9.42. The number of benzene rings is 1. The van der Waals surface area contributed by atoms with Crippen molar-refractivity contribution in [3.8, 4) is 0 Å². The molecule has 2 aromatic rings. The minimum absolute atomic E-state index is 0.0258. The maximum absolute atomic E-state index is 12.1. The van der Waals surface area contributed by atoms with Crippen LogP contribution < -0.4 is 16.0 Å². The Morgan fingerprint density at radius 1 is 1.12 bits per heavy atom. The van der Waals surface area contributed by atoms with Gasteiger partial charge in [-0.2, -0.15) is 11.3 Å². The van der Waals surface area contributed by atoms with Crippen molar-refractivity contribution >= 4 is 23.2 Å². The molecule has 1 aromatic carbocycles. The van der Waals surface area contributed by atoms with E-state index in [4.69, 9.17) is 0 Å². The summed E-state index contributed by atoms with van der Waals surface area (Å²) in [5, 5.41) is 13.7. The zero-order valence-electron chi connectivity index (χ0n) is 15.0. The van der Waals surface area contributed by atoms with E-state index >= 15 is 0 Å². The van der Waals surface area contributed by atoms with Gasteiger partial charge in [0.2, 0.25) is 0 Å². The maximum atomic E-state index is 12.1. The van der Waals surface area contributed by atoms with Gasteiger partial charge in [0.1, 0.15) is 0 Å². The number of thiophene rings is 1. The number of carbonyl (C=O) groups excluding carboxylic acids is 1. The highest BCUT2D eigenvalue weighted by Gasteiger charge is 2.08.